The Labute approximate surface area is 129 Å². The first-order valence-corrected chi connectivity index (χ1v) is 8.48. The predicted octanol–water partition coefficient (Wildman–Crippen LogP) is 0.261. The van der Waals surface area contributed by atoms with Crippen LogP contribution in [0.2, 0.25) is 0 Å². The van der Waals surface area contributed by atoms with Gasteiger partial charge in [-0.2, -0.15) is 4.72 Å². The van der Waals surface area contributed by atoms with E-state index in [1.54, 1.807) is 12.1 Å². The molecule has 2 aliphatic rings. The van der Waals surface area contributed by atoms with Gasteiger partial charge in [-0.15, -0.1) is 0 Å². The van der Waals surface area contributed by atoms with Crippen LogP contribution in [0.25, 0.3) is 0 Å². The van der Waals surface area contributed by atoms with Crippen molar-refractivity contribution in [2.75, 3.05) is 19.8 Å². The maximum Gasteiger partial charge on any atom is 0.245 e. The Balaban J connectivity index is 1.96. The normalized spacial score (nSPS) is 23.2. The van der Waals surface area contributed by atoms with Crippen LogP contribution in [0.15, 0.2) is 23.1 Å². The summed E-state index contributed by atoms with van der Waals surface area (Å²) in [5.74, 6) is 0.261. The molecule has 2 heterocycles. The van der Waals surface area contributed by atoms with Crippen LogP contribution >= 0.6 is 0 Å². The second-order valence-electron chi connectivity index (χ2n) is 6.04. The summed E-state index contributed by atoms with van der Waals surface area (Å²) in [5.41, 5.74) is -0.504. The molecule has 22 heavy (non-hydrogen) atoms. The number of sulfonamides is 1. The minimum Gasteiger partial charge on any atom is -0.486 e. The predicted molar refractivity (Wildman–Crippen MR) is 78.3 cm³/mol. The van der Waals surface area contributed by atoms with Gasteiger partial charge >= 0.3 is 0 Å². The molecule has 1 aromatic carbocycles. The third kappa shape index (κ3) is 2.52. The zero-order chi connectivity index (χ0) is 16.0. The van der Waals surface area contributed by atoms with E-state index in [2.05, 4.69) is 10.0 Å². The van der Waals surface area contributed by atoms with E-state index in [1.807, 2.05) is 13.8 Å². The van der Waals surface area contributed by atoms with Crippen molar-refractivity contribution in [1.82, 2.24) is 10.0 Å². The van der Waals surface area contributed by atoms with Gasteiger partial charge in [-0.25, -0.2) is 8.42 Å². The van der Waals surface area contributed by atoms with Gasteiger partial charge in [-0.05, 0) is 12.1 Å². The first kappa shape index (κ1) is 15.1. The Bertz CT molecular complexity index is 714. The Morgan fingerprint density at radius 1 is 1.27 bits per heavy atom. The number of hydrogen-bond acceptors (Lipinski definition) is 5. The molecule has 1 amide bonds. The number of rotatable bonds is 3. The van der Waals surface area contributed by atoms with Crippen LogP contribution in [0.4, 0.5) is 0 Å². The Kier molecular flexibility index (Phi) is 3.53. The van der Waals surface area contributed by atoms with Crippen molar-refractivity contribution in [3.05, 3.63) is 18.2 Å². The fourth-order valence-corrected chi connectivity index (χ4v) is 4.09. The number of fused-ring (bicyclic) bond motifs is 1. The summed E-state index contributed by atoms with van der Waals surface area (Å²) >= 11 is 0. The molecule has 1 atom stereocenters. The fourth-order valence-electron chi connectivity index (χ4n) is 2.56. The topological polar surface area (TPSA) is 93.7 Å². The van der Waals surface area contributed by atoms with Gasteiger partial charge in [0.25, 0.3) is 0 Å². The molecule has 0 bridgehead atoms. The number of carbonyl (C=O) groups is 1. The van der Waals surface area contributed by atoms with Crippen LogP contribution < -0.4 is 19.5 Å². The highest BCUT2D eigenvalue weighted by molar-refractivity contribution is 7.89. The van der Waals surface area contributed by atoms with Crippen molar-refractivity contribution in [2.45, 2.75) is 24.8 Å². The molecule has 1 saturated heterocycles. The van der Waals surface area contributed by atoms with Crippen molar-refractivity contribution < 1.29 is 22.7 Å². The summed E-state index contributed by atoms with van der Waals surface area (Å²) in [7, 11) is -3.90. The van der Waals surface area contributed by atoms with Gasteiger partial charge in [0.15, 0.2) is 11.5 Å². The van der Waals surface area contributed by atoms with E-state index < -0.39 is 21.5 Å². The summed E-state index contributed by atoms with van der Waals surface area (Å²) in [6, 6.07) is 3.86. The lowest BCUT2D eigenvalue weighted by molar-refractivity contribution is -0.121. The molecule has 2 aliphatic heterocycles. The summed E-state index contributed by atoms with van der Waals surface area (Å²) in [5, 5.41) is 2.67. The SMILES string of the molecule is CC1(C)CNC(=O)C1NS(=O)(=O)c1cccc2c1OCCO2. The lowest BCUT2D eigenvalue weighted by atomic mass is 9.88. The van der Waals surface area contributed by atoms with Gasteiger partial charge in [0.05, 0.1) is 0 Å². The number of para-hydroxylation sites is 1. The highest BCUT2D eigenvalue weighted by Crippen LogP contribution is 2.37. The van der Waals surface area contributed by atoms with Crippen LogP contribution in [0.1, 0.15) is 13.8 Å². The highest BCUT2D eigenvalue weighted by atomic mass is 32.2. The van der Waals surface area contributed by atoms with Gasteiger partial charge in [0.1, 0.15) is 24.2 Å². The number of carbonyl (C=O) groups excluding carboxylic acids is 1. The Morgan fingerprint density at radius 3 is 2.68 bits per heavy atom. The van der Waals surface area contributed by atoms with Crippen LogP contribution in [0, 0.1) is 5.41 Å². The van der Waals surface area contributed by atoms with Gasteiger partial charge in [-0.1, -0.05) is 19.9 Å². The molecule has 7 nitrogen and oxygen atoms in total. The Morgan fingerprint density at radius 2 is 2.00 bits per heavy atom. The van der Waals surface area contributed by atoms with Gasteiger partial charge in [-0.3, -0.25) is 4.79 Å². The molecule has 8 heteroatoms. The average Bonchev–Trinajstić information content (AvgIpc) is 2.73. The first-order valence-electron chi connectivity index (χ1n) is 7.00. The molecule has 0 aliphatic carbocycles. The van der Waals surface area contributed by atoms with E-state index in [4.69, 9.17) is 9.47 Å². The summed E-state index contributed by atoms with van der Waals surface area (Å²) in [6.07, 6.45) is 0. The molecular formula is C14H18N2O5S. The van der Waals surface area contributed by atoms with Crippen molar-refractivity contribution in [3.8, 4) is 11.5 Å². The van der Waals surface area contributed by atoms with E-state index in [1.165, 1.54) is 6.07 Å². The quantitative estimate of drug-likeness (QED) is 0.831. The first-order chi connectivity index (χ1) is 10.3. The standard InChI is InChI=1S/C14H18N2O5S/c1-14(2)8-15-13(17)12(14)16-22(18,19)10-5-3-4-9-11(10)21-7-6-20-9/h3-5,12,16H,6-8H2,1-2H3,(H,15,17). The maximum absolute atomic E-state index is 12.7. The minimum absolute atomic E-state index is 0.0137. The molecule has 1 aromatic rings. The summed E-state index contributed by atoms with van der Waals surface area (Å²) in [6.45, 7) is 4.75. The number of benzene rings is 1. The number of hydrogen-bond donors (Lipinski definition) is 2. The zero-order valence-corrected chi connectivity index (χ0v) is 13.2. The summed E-state index contributed by atoms with van der Waals surface area (Å²) in [4.78, 5) is 11.9. The number of amides is 1. The van der Waals surface area contributed by atoms with Crippen LogP contribution in [-0.2, 0) is 14.8 Å². The molecule has 3 rings (SSSR count). The maximum atomic E-state index is 12.7. The molecule has 2 N–H and O–H groups in total. The van der Waals surface area contributed by atoms with Crippen LogP contribution in [-0.4, -0.2) is 40.1 Å². The van der Waals surface area contributed by atoms with Gasteiger partial charge in [0.2, 0.25) is 15.9 Å². The molecule has 1 unspecified atom stereocenters. The molecular weight excluding hydrogens is 308 g/mol. The largest absolute Gasteiger partial charge is 0.486 e. The molecule has 0 radical (unpaired) electrons. The highest BCUT2D eigenvalue weighted by Gasteiger charge is 2.44. The van der Waals surface area contributed by atoms with Gasteiger partial charge in [0, 0.05) is 12.0 Å². The lowest BCUT2D eigenvalue weighted by Gasteiger charge is -2.26. The minimum atomic E-state index is -3.90. The van der Waals surface area contributed by atoms with Gasteiger partial charge < -0.3 is 14.8 Å². The fraction of sp³-hybridized carbons (Fsp3) is 0.500. The molecule has 120 valence electrons. The number of ether oxygens (including phenoxy) is 2. The van der Waals surface area contributed by atoms with E-state index in [-0.39, 0.29) is 23.2 Å². The molecule has 0 saturated carbocycles. The second-order valence-corrected chi connectivity index (χ2v) is 7.72. The van der Waals surface area contributed by atoms with Crippen molar-refractivity contribution in [3.63, 3.8) is 0 Å². The number of nitrogens with one attached hydrogen (secondary N) is 2. The van der Waals surface area contributed by atoms with E-state index in [9.17, 15) is 13.2 Å². The van der Waals surface area contributed by atoms with E-state index in [0.717, 1.165) is 0 Å². The van der Waals surface area contributed by atoms with E-state index in [0.29, 0.717) is 18.9 Å². The summed E-state index contributed by atoms with van der Waals surface area (Å²) < 4.78 is 38.7. The third-order valence-electron chi connectivity index (χ3n) is 3.85. The second kappa shape index (κ2) is 5.13. The molecule has 0 spiro atoms. The van der Waals surface area contributed by atoms with Crippen LogP contribution in [0.3, 0.4) is 0 Å². The van der Waals surface area contributed by atoms with Crippen molar-refractivity contribution in [2.24, 2.45) is 5.41 Å². The molecule has 0 aromatic heterocycles. The zero-order valence-electron chi connectivity index (χ0n) is 12.4. The monoisotopic (exact) mass is 326 g/mol. The third-order valence-corrected chi connectivity index (χ3v) is 5.30. The lowest BCUT2D eigenvalue weighted by Crippen LogP contribution is -2.46. The molecule has 1 fully saturated rings. The average molecular weight is 326 g/mol. The van der Waals surface area contributed by atoms with E-state index >= 15 is 0 Å². The van der Waals surface area contributed by atoms with Crippen molar-refractivity contribution in [1.29, 1.82) is 0 Å². The van der Waals surface area contributed by atoms with Crippen molar-refractivity contribution >= 4 is 15.9 Å². The van der Waals surface area contributed by atoms with Crippen LogP contribution in [0.5, 0.6) is 11.5 Å². The Hall–Kier alpha value is -1.80. The smallest absolute Gasteiger partial charge is 0.245 e.